The number of methoxy groups -OCH3 is 1. The van der Waals surface area contributed by atoms with E-state index in [4.69, 9.17) is 9.47 Å². The fourth-order valence-electron chi connectivity index (χ4n) is 2.66. The smallest absolute Gasteiger partial charge is 0.126 e. The van der Waals surface area contributed by atoms with Gasteiger partial charge in [0.2, 0.25) is 0 Å². The Morgan fingerprint density at radius 1 is 1.33 bits per heavy atom. The number of hydrogen-bond acceptors (Lipinski definition) is 4. The number of fused-ring (bicyclic) bond motifs is 1. The van der Waals surface area contributed by atoms with E-state index >= 15 is 0 Å². The number of nitrogens with zero attached hydrogens (tertiary/aromatic N) is 1. The third-order valence-corrected chi connectivity index (χ3v) is 3.80. The van der Waals surface area contributed by atoms with Crippen LogP contribution in [0.25, 0.3) is 0 Å². The topological polar surface area (TPSA) is 43.4 Å². The minimum absolute atomic E-state index is 0.208. The molecule has 21 heavy (non-hydrogen) atoms. The second kappa shape index (κ2) is 6.14. The molecule has 0 bridgehead atoms. The highest BCUT2D eigenvalue weighted by atomic mass is 16.5. The SMILES string of the molecule is COc1ccc2c(c1)OC[C@@H](N[C@H](C)c1ccccn1)C2. The molecule has 1 aliphatic heterocycles. The van der Waals surface area contributed by atoms with Crippen molar-refractivity contribution in [3.8, 4) is 11.5 Å². The summed E-state index contributed by atoms with van der Waals surface area (Å²) in [5.41, 5.74) is 2.27. The van der Waals surface area contributed by atoms with Crippen LogP contribution in [-0.2, 0) is 6.42 Å². The molecular weight excluding hydrogens is 264 g/mol. The Morgan fingerprint density at radius 2 is 2.24 bits per heavy atom. The van der Waals surface area contributed by atoms with Gasteiger partial charge in [0, 0.05) is 24.3 Å². The zero-order valence-corrected chi connectivity index (χ0v) is 12.4. The van der Waals surface area contributed by atoms with Crippen molar-refractivity contribution in [2.75, 3.05) is 13.7 Å². The maximum atomic E-state index is 5.85. The van der Waals surface area contributed by atoms with Crippen molar-refractivity contribution in [3.63, 3.8) is 0 Å². The number of aromatic nitrogens is 1. The van der Waals surface area contributed by atoms with E-state index in [0.29, 0.717) is 12.6 Å². The number of pyridine rings is 1. The van der Waals surface area contributed by atoms with Gasteiger partial charge in [0.25, 0.3) is 0 Å². The lowest BCUT2D eigenvalue weighted by molar-refractivity contribution is 0.228. The monoisotopic (exact) mass is 284 g/mol. The van der Waals surface area contributed by atoms with E-state index in [9.17, 15) is 0 Å². The van der Waals surface area contributed by atoms with E-state index in [0.717, 1.165) is 23.6 Å². The molecule has 0 fully saturated rings. The minimum Gasteiger partial charge on any atom is -0.497 e. The number of rotatable bonds is 4. The van der Waals surface area contributed by atoms with Crippen molar-refractivity contribution in [2.24, 2.45) is 0 Å². The molecule has 0 unspecified atom stereocenters. The highest BCUT2D eigenvalue weighted by molar-refractivity contribution is 5.42. The number of ether oxygens (including phenoxy) is 2. The summed E-state index contributed by atoms with van der Waals surface area (Å²) in [4.78, 5) is 4.39. The molecule has 0 saturated heterocycles. The Labute approximate surface area is 125 Å². The molecule has 0 spiro atoms. The zero-order chi connectivity index (χ0) is 14.7. The standard InChI is InChI=1S/C17H20N2O2/c1-12(16-5-3-4-8-18-16)19-14-9-13-6-7-15(20-2)10-17(13)21-11-14/h3-8,10,12,14,19H,9,11H2,1-2H3/t12-,14+/m1/s1. The van der Waals surface area contributed by atoms with Gasteiger partial charge < -0.3 is 14.8 Å². The van der Waals surface area contributed by atoms with Gasteiger partial charge >= 0.3 is 0 Å². The van der Waals surface area contributed by atoms with Crippen LogP contribution in [0, 0.1) is 0 Å². The zero-order valence-electron chi connectivity index (χ0n) is 12.4. The highest BCUT2D eigenvalue weighted by Gasteiger charge is 2.22. The molecule has 1 aromatic carbocycles. The fraction of sp³-hybridized carbons (Fsp3) is 0.353. The first-order valence-corrected chi connectivity index (χ1v) is 7.23. The van der Waals surface area contributed by atoms with Gasteiger partial charge in [-0.25, -0.2) is 0 Å². The van der Waals surface area contributed by atoms with Crippen LogP contribution in [0.5, 0.6) is 11.5 Å². The molecule has 4 heteroatoms. The molecule has 0 saturated carbocycles. The van der Waals surface area contributed by atoms with E-state index in [1.165, 1.54) is 5.56 Å². The summed E-state index contributed by atoms with van der Waals surface area (Å²) in [7, 11) is 1.67. The minimum atomic E-state index is 0.208. The summed E-state index contributed by atoms with van der Waals surface area (Å²) in [5, 5.41) is 3.59. The molecule has 3 rings (SSSR count). The van der Waals surface area contributed by atoms with Gasteiger partial charge in [0.15, 0.2) is 0 Å². The van der Waals surface area contributed by atoms with Crippen molar-refractivity contribution in [2.45, 2.75) is 25.4 Å². The summed E-state index contributed by atoms with van der Waals surface area (Å²) in [6.45, 7) is 2.79. The Kier molecular flexibility index (Phi) is 4.06. The van der Waals surface area contributed by atoms with Crippen LogP contribution in [0.4, 0.5) is 0 Å². The van der Waals surface area contributed by atoms with Crippen LogP contribution in [0.15, 0.2) is 42.6 Å². The van der Waals surface area contributed by atoms with Crippen molar-refractivity contribution in [1.29, 1.82) is 0 Å². The van der Waals surface area contributed by atoms with Gasteiger partial charge in [-0.15, -0.1) is 0 Å². The molecular formula is C17H20N2O2. The summed E-state index contributed by atoms with van der Waals surface area (Å²) >= 11 is 0. The van der Waals surface area contributed by atoms with Gasteiger partial charge in [0.05, 0.1) is 12.8 Å². The molecule has 0 radical (unpaired) electrons. The van der Waals surface area contributed by atoms with Gasteiger partial charge in [-0.05, 0) is 37.1 Å². The second-order valence-electron chi connectivity index (χ2n) is 5.33. The van der Waals surface area contributed by atoms with Crippen molar-refractivity contribution < 1.29 is 9.47 Å². The van der Waals surface area contributed by atoms with Gasteiger partial charge in [-0.2, -0.15) is 0 Å². The van der Waals surface area contributed by atoms with Crippen LogP contribution in [0.1, 0.15) is 24.2 Å². The molecule has 1 aromatic heterocycles. The summed E-state index contributed by atoms with van der Waals surface area (Å²) < 4.78 is 11.1. The first-order chi connectivity index (χ1) is 10.3. The molecule has 1 N–H and O–H groups in total. The third kappa shape index (κ3) is 3.16. The Balaban J connectivity index is 1.66. The van der Waals surface area contributed by atoms with Gasteiger partial charge in [-0.1, -0.05) is 12.1 Å². The third-order valence-electron chi connectivity index (χ3n) is 3.80. The van der Waals surface area contributed by atoms with Crippen LogP contribution >= 0.6 is 0 Å². The first kappa shape index (κ1) is 13.9. The number of benzene rings is 1. The average molecular weight is 284 g/mol. The van der Waals surface area contributed by atoms with Gasteiger partial charge in [-0.3, -0.25) is 4.98 Å². The van der Waals surface area contributed by atoms with Crippen LogP contribution < -0.4 is 14.8 Å². The van der Waals surface area contributed by atoms with Crippen molar-refractivity contribution in [3.05, 3.63) is 53.9 Å². The summed E-state index contributed by atoms with van der Waals surface area (Å²) in [6.07, 6.45) is 2.78. The normalized spacial score (nSPS) is 18.5. The Hall–Kier alpha value is -2.07. The first-order valence-electron chi connectivity index (χ1n) is 7.23. The fourth-order valence-corrected chi connectivity index (χ4v) is 2.66. The van der Waals surface area contributed by atoms with Crippen LogP contribution in [0.2, 0.25) is 0 Å². The van der Waals surface area contributed by atoms with E-state index in [2.05, 4.69) is 23.3 Å². The molecule has 110 valence electrons. The average Bonchev–Trinajstić information content (AvgIpc) is 2.55. The second-order valence-corrected chi connectivity index (χ2v) is 5.33. The number of hydrogen-bond donors (Lipinski definition) is 1. The maximum Gasteiger partial charge on any atom is 0.126 e. The molecule has 2 aromatic rings. The quantitative estimate of drug-likeness (QED) is 0.937. The predicted molar refractivity (Wildman–Crippen MR) is 81.8 cm³/mol. The Bertz CT molecular complexity index is 601. The molecule has 2 heterocycles. The molecule has 0 aliphatic carbocycles. The lowest BCUT2D eigenvalue weighted by atomic mass is 10.0. The van der Waals surface area contributed by atoms with Gasteiger partial charge in [0.1, 0.15) is 18.1 Å². The Morgan fingerprint density at radius 3 is 3.00 bits per heavy atom. The number of nitrogens with one attached hydrogen (secondary N) is 1. The van der Waals surface area contributed by atoms with Crippen molar-refractivity contribution in [1.82, 2.24) is 10.3 Å². The van der Waals surface area contributed by atoms with Crippen LogP contribution in [-0.4, -0.2) is 24.7 Å². The van der Waals surface area contributed by atoms with Crippen molar-refractivity contribution >= 4 is 0 Å². The van der Waals surface area contributed by atoms with E-state index < -0.39 is 0 Å². The maximum absolute atomic E-state index is 5.85. The largest absolute Gasteiger partial charge is 0.497 e. The molecule has 4 nitrogen and oxygen atoms in total. The summed E-state index contributed by atoms with van der Waals surface area (Å²) in [6, 6.07) is 12.5. The molecule has 0 amide bonds. The molecule has 2 atom stereocenters. The highest BCUT2D eigenvalue weighted by Crippen LogP contribution is 2.29. The molecule has 1 aliphatic rings. The lowest BCUT2D eigenvalue weighted by Crippen LogP contribution is -2.40. The van der Waals surface area contributed by atoms with Crippen LogP contribution in [0.3, 0.4) is 0 Å². The predicted octanol–water partition coefficient (Wildman–Crippen LogP) is 2.74. The van der Waals surface area contributed by atoms with E-state index in [1.54, 1.807) is 7.11 Å². The van der Waals surface area contributed by atoms with E-state index in [1.807, 2.05) is 36.5 Å². The summed E-state index contributed by atoms with van der Waals surface area (Å²) in [5.74, 6) is 1.76. The lowest BCUT2D eigenvalue weighted by Gasteiger charge is -2.28. The van der Waals surface area contributed by atoms with E-state index in [-0.39, 0.29) is 6.04 Å².